The van der Waals surface area contributed by atoms with Gasteiger partial charge >= 0.3 is 6.18 Å². The molecule has 0 radical (unpaired) electrons. The molecule has 122 valence electrons. The van der Waals surface area contributed by atoms with E-state index in [1.165, 1.54) is 0 Å². The van der Waals surface area contributed by atoms with Gasteiger partial charge < -0.3 is 5.32 Å². The fourth-order valence-corrected chi connectivity index (χ4v) is 2.06. The number of amides is 1. The molecule has 23 heavy (non-hydrogen) atoms. The third kappa shape index (κ3) is 4.16. The Kier molecular flexibility index (Phi) is 4.84. The third-order valence-electron chi connectivity index (χ3n) is 2.88. The molecule has 0 aromatic carbocycles. The van der Waals surface area contributed by atoms with Crippen molar-refractivity contribution in [3.05, 3.63) is 46.1 Å². The topological polar surface area (TPSA) is 67.8 Å². The number of anilines is 1. The average molecular weight is 345 g/mol. The standard InChI is InChI=1S/C14H12ClF3N4O/c1-3-9-5-11(21-7(2)20-9)22-13(23)12-10(15)4-8(6-19-12)14(16,17)18/h4-6H,3H2,1-2H3,(H,20,21,22,23). The fraction of sp³-hybridized carbons (Fsp3) is 0.286. The smallest absolute Gasteiger partial charge is 0.305 e. The normalized spacial score (nSPS) is 11.4. The van der Waals surface area contributed by atoms with E-state index >= 15 is 0 Å². The summed E-state index contributed by atoms with van der Waals surface area (Å²) < 4.78 is 37.7. The molecule has 0 aliphatic rings. The van der Waals surface area contributed by atoms with Gasteiger partial charge in [-0.05, 0) is 19.4 Å². The van der Waals surface area contributed by atoms with Gasteiger partial charge in [-0.25, -0.2) is 15.0 Å². The lowest BCUT2D eigenvalue weighted by Crippen LogP contribution is -2.17. The Balaban J connectivity index is 2.26. The molecule has 0 saturated carbocycles. The molecule has 9 heteroatoms. The summed E-state index contributed by atoms with van der Waals surface area (Å²) in [4.78, 5) is 23.8. The second-order valence-corrected chi connectivity index (χ2v) is 5.06. The van der Waals surface area contributed by atoms with Crippen LogP contribution < -0.4 is 5.32 Å². The summed E-state index contributed by atoms with van der Waals surface area (Å²) in [5.74, 6) is -0.0490. The molecule has 2 aromatic rings. The molecule has 0 spiro atoms. The van der Waals surface area contributed by atoms with Gasteiger partial charge in [0.1, 0.15) is 17.3 Å². The van der Waals surface area contributed by atoms with E-state index in [-0.39, 0.29) is 16.5 Å². The van der Waals surface area contributed by atoms with Gasteiger partial charge in [0.05, 0.1) is 10.6 Å². The first-order valence-corrected chi connectivity index (χ1v) is 6.97. The molecule has 0 aliphatic carbocycles. The van der Waals surface area contributed by atoms with Crippen LogP contribution in [-0.4, -0.2) is 20.9 Å². The quantitative estimate of drug-likeness (QED) is 0.922. The van der Waals surface area contributed by atoms with Crippen molar-refractivity contribution in [3.8, 4) is 0 Å². The minimum absolute atomic E-state index is 0.233. The van der Waals surface area contributed by atoms with Crippen LogP contribution in [0.2, 0.25) is 5.02 Å². The van der Waals surface area contributed by atoms with Crippen LogP contribution >= 0.6 is 11.6 Å². The summed E-state index contributed by atoms with van der Waals surface area (Å²) in [6, 6.07) is 2.23. The molecule has 1 N–H and O–H groups in total. The predicted molar refractivity (Wildman–Crippen MR) is 78.3 cm³/mol. The third-order valence-corrected chi connectivity index (χ3v) is 3.17. The second-order valence-electron chi connectivity index (χ2n) is 4.65. The van der Waals surface area contributed by atoms with Crippen molar-refractivity contribution in [3.63, 3.8) is 0 Å². The molecule has 2 rings (SSSR count). The Morgan fingerprint density at radius 3 is 2.57 bits per heavy atom. The Morgan fingerprint density at radius 1 is 1.30 bits per heavy atom. The number of halogens is 4. The Labute approximate surface area is 134 Å². The van der Waals surface area contributed by atoms with Gasteiger partial charge in [-0.3, -0.25) is 4.79 Å². The van der Waals surface area contributed by atoms with E-state index < -0.39 is 17.6 Å². The van der Waals surface area contributed by atoms with E-state index in [4.69, 9.17) is 11.6 Å². The highest BCUT2D eigenvalue weighted by molar-refractivity contribution is 6.34. The molecule has 2 aromatic heterocycles. The van der Waals surface area contributed by atoms with Crippen molar-refractivity contribution in [2.75, 3.05) is 5.32 Å². The van der Waals surface area contributed by atoms with E-state index in [1.54, 1.807) is 13.0 Å². The maximum atomic E-state index is 12.6. The largest absolute Gasteiger partial charge is 0.417 e. The number of carbonyl (C=O) groups excluding carboxylic acids is 1. The molecule has 5 nitrogen and oxygen atoms in total. The number of aryl methyl sites for hydroxylation is 2. The molecular formula is C14H12ClF3N4O. The van der Waals surface area contributed by atoms with Crippen LogP contribution in [0, 0.1) is 6.92 Å². The minimum atomic E-state index is -4.58. The highest BCUT2D eigenvalue weighted by Gasteiger charge is 2.32. The van der Waals surface area contributed by atoms with Gasteiger partial charge in [-0.15, -0.1) is 0 Å². The van der Waals surface area contributed by atoms with Gasteiger partial charge in [0.15, 0.2) is 0 Å². The van der Waals surface area contributed by atoms with Crippen LogP contribution in [0.5, 0.6) is 0 Å². The highest BCUT2D eigenvalue weighted by atomic mass is 35.5. The Hall–Kier alpha value is -2.22. The van der Waals surface area contributed by atoms with Crippen LogP contribution in [0.25, 0.3) is 0 Å². The zero-order valence-electron chi connectivity index (χ0n) is 12.2. The van der Waals surface area contributed by atoms with Crippen LogP contribution in [0.15, 0.2) is 18.3 Å². The summed E-state index contributed by atoms with van der Waals surface area (Å²) >= 11 is 5.73. The van der Waals surface area contributed by atoms with Crippen LogP contribution in [0.3, 0.4) is 0 Å². The predicted octanol–water partition coefficient (Wildman–Crippen LogP) is 3.67. The van der Waals surface area contributed by atoms with Gasteiger partial charge in [0, 0.05) is 18.0 Å². The number of hydrogen-bond acceptors (Lipinski definition) is 4. The molecule has 1 amide bonds. The summed E-state index contributed by atoms with van der Waals surface area (Å²) in [6.07, 6.45) is -3.37. The zero-order valence-corrected chi connectivity index (χ0v) is 13.0. The first-order valence-electron chi connectivity index (χ1n) is 6.59. The van der Waals surface area contributed by atoms with Crippen molar-refractivity contribution in [2.45, 2.75) is 26.4 Å². The van der Waals surface area contributed by atoms with Crippen molar-refractivity contribution in [1.82, 2.24) is 15.0 Å². The number of carbonyl (C=O) groups is 1. The molecule has 0 fully saturated rings. The monoisotopic (exact) mass is 344 g/mol. The van der Waals surface area contributed by atoms with E-state index in [1.807, 2.05) is 6.92 Å². The maximum Gasteiger partial charge on any atom is 0.417 e. The SMILES string of the molecule is CCc1cc(NC(=O)c2ncc(C(F)(F)F)cc2Cl)nc(C)n1. The fourth-order valence-electron chi connectivity index (χ4n) is 1.81. The Bertz CT molecular complexity index is 749. The van der Waals surface area contributed by atoms with Crippen molar-refractivity contribution < 1.29 is 18.0 Å². The second kappa shape index (κ2) is 6.49. The zero-order chi connectivity index (χ0) is 17.2. The van der Waals surface area contributed by atoms with Crippen LogP contribution in [0.4, 0.5) is 19.0 Å². The summed E-state index contributed by atoms with van der Waals surface area (Å²) in [5.41, 5.74) is -0.613. The van der Waals surface area contributed by atoms with E-state index in [2.05, 4.69) is 20.3 Å². The summed E-state index contributed by atoms with van der Waals surface area (Å²) in [7, 11) is 0. The van der Waals surface area contributed by atoms with Gasteiger partial charge in [0.25, 0.3) is 5.91 Å². The van der Waals surface area contributed by atoms with Crippen molar-refractivity contribution in [2.24, 2.45) is 0 Å². The number of rotatable bonds is 3. The number of hydrogen-bond donors (Lipinski definition) is 1. The van der Waals surface area contributed by atoms with Crippen molar-refractivity contribution >= 4 is 23.3 Å². The molecule has 0 unspecified atom stereocenters. The van der Waals surface area contributed by atoms with Crippen molar-refractivity contribution in [1.29, 1.82) is 0 Å². The van der Waals surface area contributed by atoms with Crippen LogP contribution in [0.1, 0.15) is 34.5 Å². The average Bonchev–Trinajstić information content (AvgIpc) is 2.45. The lowest BCUT2D eigenvalue weighted by Gasteiger charge is -2.10. The number of nitrogens with zero attached hydrogens (tertiary/aromatic N) is 3. The van der Waals surface area contributed by atoms with Gasteiger partial charge in [0.2, 0.25) is 0 Å². The Morgan fingerprint density at radius 2 is 2.00 bits per heavy atom. The summed E-state index contributed by atoms with van der Waals surface area (Å²) in [5, 5.41) is 2.06. The van der Waals surface area contributed by atoms with E-state index in [9.17, 15) is 18.0 Å². The molecular weight excluding hydrogens is 333 g/mol. The van der Waals surface area contributed by atoms with Crippen LogP contribution in [-0.2, 0) is 12.6 Å². The summed E-state index contributed by atoms with van der Waals surface area (Å²) in [6.45, 7) is 3.56. The molecule has 0 bridgehead atoms. The number of pyridine rings is 1. The van der Waals surface area contributed by atoms with E-state index in [0.29, 0.717) is 24.5 Å². The van der Waals surface area contributed by atoms with E-state index in [0.717, 1.165) is 5.69 Å². The number of nitrogens with one attached hydrogen (secondary N) is 1. The maximum absolute atomic E-state index is 12.6. The first-order chi connectivity index (χ1) is 10.7. The minimum Gasteiger partial charge on any atom is -0.305 e. The molecule has 2 heterocycles. The number of aromatic nitrogens is 3. The lowest BCUT2D eigenvalue weighted by atomic mass is 10.2. The molecule has 0 aliphatic heterocycles. The lowest BCUT2D eigenvalue weighted by molar-refractivity contribution is -0.137. The highest BCUT2D eigenvalue weighted by Crippen LogP contribution is 2.31. The van der Waals surface area contributed by atoms with Gasteiger partial charge in [-0.2, -0.15) is 13.2 Å². The molecule has 0 atom stereocenters. The van der Waals surface area contributed by atoms with Gasteiger partial charge in [-0.1, -0.05) is 18.5 Å². The number of alkyl halides is 3. The molecule has 0 saturated heterocycles. The first kappa shape index (κ1) is 17.1.